The number of likely N-dealkylation sites (tertiary alicyclic amines) is 1. The molecule has 0 bridgehead atoms. The lowest BCUT2D eigenvalue weighted by Crippen LogP contribution is -2.45. The molecule has 0 amide bonds. The number of hydrogen-bond donors (Lipinski definition) is 1. The van der Waals surface area contributed by atoms with E-state index >= 15 is 0 Å². The maximum atomic E-state index is 4.16. The molecule has 0 saturated carbocycles. The first-order valence-electron chi connectivity index (χ1n) is 5.57. The molecule has 2 nitrogen and oxygen atoms in total. The SMILES string of the molecule is C=C(NC(C)(C)C)[C@@H]1CCCCN1C. The van der Waals surface area contributed by atoms with Gasteiger partial charge in [0.05, 0.1) is 0 Å². The van der Waals surface area contributed by atoms with Gasteiger partial charge < -0.3 is 5.32 Å². The maximum Gasteiger partial charge on any atom is 0.0486 e. The van der Waals surface area contributed by atoms with Gasteiger partial charge in [0.25, 0.3) is 0 Å². The summed E-state index contributed by atoms with van der Waals surface area (Å²) >= 11 is 0. The van der Waals surface area contributed by atoms with Gasteiger partial charge in [-0.1, -0.05) is 13.0 Å². The molecule has 1 heterocycles. The molecule has 82 valence electrons. The maximum absolute atomic E-state index is 4.16. The van der Waals surface area contributed by atoms with Gasteiger partial charge in [-0.15, -0.1) is 0 Å². The minimum atomic E-state index is 0.134. The Morgan fingerprint density at radius 1 is 1.36 bits per heavy atom. The molecule has 1 rings (SSSR count). The monoisotopic (exact) mass is 196 g/mol. The van der Waals surface area contributed by atoms with E-state index in [1.807, 2.05) is 0 Å². The van der Waals surface area contributed by atoms with Crippen LogP contribution in [0.1, 0.15) is 40.0 Å². The molecule has 0 aliphatic carbocycles. The molecule has 0 aromatic heterocycles. The first-order chi connectivity index (χ1) is 6.40. The van der Waals surface area contributed by atoms with Crippen molar-refractivity contribution in [3.8, 4) is 0 Å². The summed E-state index contributed by atoms with van der Waals surface area (Å²) in [5.74, 6) is 0. The second-order valence-corrected chi connectivity index (χ2v) is 5.39. The van der Waals surface area contributed by atoms with E-state index in [2.05, 4.69) is 44.6 Å². The summed E-state index contributed by atoms with van der Waals surface area (Å²) in [5.41, 5.74) is 1.31. The van der Waals surface area contributed by atoms with Crippen molar-refractivity contribution in [2.24, 2.45) is 0 Å². The second kappa shape index (κ2) is 4.35. The van der Waals surface area contributed by atoms with Crippen LogP contribution in [0, 0.1) is 0 Å². The third-order valence-electron chi connectivity index (χ3n) is 2.71. The topological polar surface area (TPSA) is 15.3 Å². The summed E-state index contributed by atoms with van der Waals surface area (Å²) in [6.07, 6.45) is 3.91. The van der Waals surface area contributed by atoms with Crippen LogP contribution in [0.15, 0.2) is 12.3 Å². The Kier molecular flexibility index (Phi) is 3.59. The van der Waals surface area contributed by atoms with E-state index < -0.39 is 0 Å². The summed E-state index contributed by atoms with van der Waals surface area (Å²) in [6.45, 7) is 11.9. The molecule has 1 saturated heterocycles. The lowest BCUT2D eigenvalue weighted by atomic mass is 9.98. The minimum absolute atomic E-state index is 0.134. The molecule has 0 aromatic carbocycles. The van der Waals surface area contributed by atoms with E-state index in [9.17, 15) is 0 Å². The van der Waals surface area contributed by atoms with E-state index in [-0.39, 0.29) is 5.54 Å². The van der Waals surface area contributed by atoms with Gasteiger partial charge in [-0.05, 0) is 47.2 Å². The summed E-state index contributed by atoms with van der Waals surface area (Å²) in [6, 6.07) is 0.531. The second-order valence-electron chi connectivity index (χ2n) is 5.39. The summed E-state index contributed by atoms with van der Waals surface area (Å²) in [5, 5.41) is 3.48. The molecule has 1 aliphatic heterocycles. The Balaban J connectivity index is 2.50. The van der Waals surface area contributed by atoms with Gasteiger partial charge in [0.1, 0.15) is 0 Å². The van der Waals surface area contributed by atoms with Crippen LogP contribution >= 0.6 is 0 Å². The predicted octanol–water partition coefficient (Wildman–Crippen LogP) is 2.37. The standard InChI is InChI=1S/C12H24N2/c1-10(13-12(2,3)4)11-8-6-7-9-14(11)5/h11,13H,1,6-9H2,2-5H3/t11-/m0/s1. The van der Waals surface area contributed by atoms with Crippen LogP contribution in [-0.4, -0.2) is 30.1 Å². The van der Waals surface area contributed by atoms with Crippen molar-refractivity contribution in [1.82, 2.24) is 10.2 Å². The van der Waals surface area contributed by atoms with Crippen LogP contribution in [-0.2, 0) is 0 Å². The fourth-order valence-corrected chi connectivity index (χ4v) is 2.08. The van der Waals surface area contributed by atoms with Crippen molar-refractivity contribution in [3.63, 3.8) is 0 Å². The predicted molar refractivity (Wildman–Crippen MR) is 62.3 cm³/mol. The molecule has 1 fully saturated rings. The summed E-state index contributed by atoms with van der Waals surface area (Å²) in [4.78, 5) is 2.41. The zero-order valence-electron chi connectivity index (χ0n) is 10.1. The van der Waals surface area contributed by atoms with E-state index in [0.717, 1.165) is 0 Å². The lowest BCUT2D eigenvalue weighted by Gasteiger charge is -2.37. The van der Waals surface area contributed by atoms with Crippen LogP contribution in [0.4, 0.5) is 0 Å². The highest BCUT2D eigenvalue weighted by Crippen LogP contribution is 2.20. The van der Waals surface area contributed by atoms with E-state index in [1.165, 1.54) is 31.5 Å². The number of hydrogen-bond acceptors (Lipinski definition) is 2. The average Bonchev–Trinajstić information content (AvgIpc) is 2.01. The van der Waals surface area contributed by atoms with Crippen molar-refractivity contribution in [1.29, 1.82) is 0 Å². The van der Waals surface area contributed by atoms with Crippen LogP contribution < -0.4 is 5.32 Å². The number of rotatable bonds is 2. The molecular formula is C12H24N2. The normalized spacial score (nSPS) is 24.7. The van der Waals surface area contributed by atoms with E-state index in [1.54, 1.807) is 0 Å². The Morgan fingerprint density at radius 3 is 2.50 bits per heavy atom. The Hall–Kier alpha value is -0.500. The Morgan fingerprint density at radius 2 is 2.00 bits per heavy atom. The number of piperidine rings is 1. The van der Waals surface area contributed by atoms with E-state index in [0.29, 0.717) is 6.04 Å². The Bertz CT molecular complexity index is 203. The van der Waals surface area contributed by atoms with Crippen molar-refractivity contribution in [3.05, 3.63) is 12.3 Å². The first-order valence-corrected chi connectivity index (χ1v) is 5.57. The highest BCUT2D eigenvalue weighted by Gasteiger charge is 2.23. The van der Waals surface area contributed by atoms with Crippen LogP contribution in [0.5, 0.6) is 0 Å². The van der Waals surface area contributed by atoms with Crippen LogP contribution in [0.25, 0.3) is 0 Å². The quantitative estimate of drug-likeness (QED) is 0.729. The van der Waals surface area contributed by atoms with Crippen molar-refractivity contribution in [2.75, 3.05) is 13.6 Å². The lowest BCUT2D eigenvalue weighted by molar-refractivity contribution is 0.200. The number of likely N-dealkylation sites (N-methyl/N-ethyl adjacent to an activating group) is 1. The highest BCUT2D eigenvalue weighted by molar-refractivity contribution is 5.07. The zero-order chi connectivity index (χ0) is 10.8. The third kappa shape index (κ3) is 3.33. The van der Waals surface area contributed by atoms with Gasteiger partial charge in [-0.3, -0.25) is 4.90 Å². The first kappa shape index (κ1) is 11.6. The Labute approximate surface area is 88.4 Å². The van der Waals surface area contributed by atoms with Gasteiger partial charge in [-0.2, -0.15) is 0 Å². The van der Waals surface area contributed by atoms with Gasteiger partial charge in [0, 0.05) is 17.3 Å². The smallest absolute Gasteiger partial charge is 0.0486 e. The van der Waals surface area contributed by atoms with Crippen LogP contribution in [0.3, 0.4) is 0 Å². The largest absolute Gasteiger partial charge is 0.383 e. The summed E-state index contributed by atoms with van der Waals surface area (Å²) in [7, 11) is 2.19. The molecule has 1 atom stereocenters. The molecule has 1 aliphatic rings. The van der Waals surface area contributed by atoms with Crippen molar-refractivity contribution in [2.45, 2.75) is 51.6 Å². The molecule has 0 aromatic rings. The zero-order valence-corrected chi connectivity index (χ0v) is 10.1. The fourth-order valence-electron chi connectivity index (χ4n) is 2.08. The van der Waals surface area contributed by atoms with Crippen molar-refractivity contribution < 1.29 is 0 Å². The van der Waals surface area contributed by atoms with Crippen LogP contribution in [0.2, 0.25) is 0 Å². The fraction of sp³-hybridized carbons (Fsp3) is 0.833. The van der Waals surface area contributed by atoms with Gasteiger partial charge >= 0.3 is 0 Å². The molecular weight excluding hydrogens is 172 g/mol. The molecule has 14 heavy (non-hydrogen) atoms. The highest BCUT2D eigenvalue weighted by atomic mass is 15.2. The minimum Gasteiger partial charge on any atom is -0.383 e. The molecule has 0 radical (unpaired) electrons. The van der Waals surface area contributed by atoms with Crippen molar-refractivity contribution >= 4 is 0 Å². The van der Waals surface area contributed by atoms with E-state index in [4.69, 9.17) is 0 Å². The molecule has 0 unspecified atom stereocenters. The van der Waals surface area contributed by atoms with Gasteiger partial charge in [0.2, 0.25) is 0 Å². The average molecular weight is 196 g/mol. The molecule has 2 heteroatoms. The molecule has 1 N–H and O–H groups in total. The number of nitrogens with zero attached hydrogens (tertiary/aromatic N) is 1. The van der Waals surface area contributed by atoms with Gasteiger partial charge in [-0.25, -0.2) is 0 Å². The summed E-state index contributed by atoms with van der Waals surface area (Å²) < 4.78 is 0. The number of nitrogens with one attached hydrogen (secondary N) is 1. The molecule has 0 spiro atoms. The third-order valence-corrected chi connectivity index (χ3v) is 2.71. The van der Waals surface area contributed by atoms with Gasteiger partial charge in [0.15, 0.2) is 0 Å².